The van der Waals surface area contributed by atoms with Crippen molar-refractivity contribution in [3.63, 3.8) is 0 Å². The molecule has 1 aromatic rings. The van der Waals surface area contributed by atoms with Gasteiger partial charge in [0.15, 0.2) is 0 Å². The summed E-state index contributed by atoms with van der Waals surface area (Å²) in [5.74, 6) is 2.26. The van der Waals surface area contributed by atoms with Crippen molar-refractivity contribution in [2.75, 3.05) is 32.1 Å². The van der Waals surface area contributed by atoms with Crippen molar-refractivity contribution < 1.29 is 4.42 Å². The zero-order valence-electron chi connectivity index (χ0n) is 11.2. The van der Waals surface area contributed by atoms with Crippen LogP contribution >= 0.6 is 11.8 Å². The molecule has 0 aliphatic heterocycles. The minimum Gasteiger partial charge on any atom is -0.468 e. The fraction of sp³-hybridized carbons (Fsp3) is 0.692. The molecule has 0 aliphatic rings. The van der Waals surface area contributed by atoms with E-state index < -0.39 is 0 Å². The maximum absolute atomic E-state index is 5.56. The maximum atomic E-state index is 5.56. The Kier molecular flexibility index (Phi) is 7.40. The Bertz CT molecular complexity index is 301. The standard InChI is InChI=1S/C13H24N2OS/c1-4-6-14-10-12-5-8-16-13(12)11-15(2)7-9-17-3/h5,8,14H,4,6-7,9-11H2,1-3H3. The molecule has 17 heavy (non-hydrogen) atoms. The molecule has 1 heterocycles. The SMILES string of the molecule is CCCNCc1ccoc1CN(C)CCSC. The summed E-state index contributed by atoms with van der Waals surface area (Å²) in [6, 6.07) is 2.07. The molecule has 98 valence electrons. The molecule has 3 nitrogen and oxygen atoms in total. The van der Waals surface area contributed by atoms with Gasteiger partial charge >= 0.3 is 0 Å². The Hall–Kier alpha value is -0.450. The number of thioether (sulfide) groups is 1. The van der Waals surface area contributed by atoms with E-state index in [0.717, 1.165) is 31.9 Å². The molecule has 0 spiro atoms. The highest BCUT2D eigenvalue weighted by Crippen LogP contribution is 2.12. The van der Waals surface area contributed by atoms with E-state index >= 15 is 0 Å². The zero-order chi connectivity index (χ0) is 12.5. The molecule has 1 N–H and O–H groups in total. The van der Waals surface area contributed by atoms with Crippen LogP contribution in [0.4, 0.5) is 0 Å². The summed E-state index contributed by atoms with van der Waals surface area (Å²) in [5, 5.41) is 3.41. The van der Waals surface area contributed by atoms with Crippen molar-refractivity contribution in [1.29, 1.82) is 0 Å². The first-order chi connectivity index (χ1) is 8.27. The fourth-order valence-electron chi connectivity index (χ4n) is 1.63. The third kappa shape index (κ3) is 5.61. The van der Waals surface area contributed by atoms with E-state index in [-0.39, 0.29) is 0 Å². The van der Waals surface area contributed by atoms with Crippen LogP contribution in [0.3, 0.4) is 0 Å². The highest BCUT2D eigenvalue weighted by molar-refractivity contribution is 7.98. The van der Waals surface area contributed by atoms with Gasteiger partial charge in [0.25, 0.3) is 0 Å². The molecular weight excluding hydrogens is 232 g/mol. The molecule has 0 fully saturated rings. The molecule has 0 unspecified atom stereocenters. The van der Waals surface area contributed by atoms with Crippen LogP contribution in [0.1, 0.15) is 24.7 Å². The molecule has 1 rings (SSSR count). The fourth-order valence-corrected chi connectivity index (χ4v) is 2.13. The van der Waals surface area contributed by atoms with Crippen LogP contribution in [0.15, 0.2) is 16.7 Å². The monoisotopic (exact) mass is 256 g/mol. The summed E-state index contributed by atoms with van der Waals surface area (Å²) in [5.41, 5.74) is 1.29. The van der Waals surface area contributed by atoms with Gasteiger partial charge < -0.3 is 9.73 Å². The molecule has 0 aliphatic carbocycles. The Morgan fingerprint density at radius 1 is 1.47 bits per heavy atom. The molecule has 0 aromatic carbocycles. The number of hydrogen-bond acceptors (Lipinski definition) is 4. The van der Waals surface area contributed by atoms with Crippen LogP contribution < -0.4 is 5.32 Å². The Morgan fingerprint density at radius 2 is 2.29 bits per heavy atom. The molecule has 0 saturated heterocycles. The lowest BCUT2D eigenvalue weighted by atomic mass is 10.2. The number of nitrogens with one attached hydrogen (secondary N) is 1. The Morgan fingerprint density at radius 3 is 3.00 bits per heavy atom. The summed E-state index contributed by atoms with van der Waals surface area (Å²) in [6.07, 6.45) is 5.10. The van der Waals surface area contributed by atoms with Gasteiger partial charge in [0.05, 0.1) is 12.8 Å². The number of hydrogen-bond donors (Lipinski definition) is 1. The average molecular weight is 256 g/mol. The largest absolute Gasteiger partial charge is 0.468 e. The number of furan rings is 1. The third-order valence-corrected chi connectivity index (χ3v) is 3.26. The van der Waals surface area contributed by atoms with Crippen molar-refractivity contribution >= 4 is 11.8 Å². The van der Waals surface area contributed by atoms with E-state index in [9.17, 15) is 0 Å². The summed E-state index contributed by atoms with van der Waals surface area (Å²) < 4.78 is 5.56. The van der Waals surface area contributed by atoms with E-state index in [1.807, 2.05) is 11.8 Å². The van der Waals surface area contributed by atoms with Crippen molar-refractivity contribution in [1.82, 2.24) is 10.2 Å². The zero-order valence-corrected chi connectivity index (χ0v) is 12.0. The first-order valence-corrected chi connectivity index (χ1v) is 7.60. The van der Waals surface area contributed by atoms with Crippen molar-refractivity contribution in [3.05, 3.63) is 23.7 Å². The van der Waals surface area contributed by atoms with Crippen LogP contribution in [-0.4, -0.2) is 37.0 Å². The lowest BCUT2D eigenvalue weighted by molar-refractivity contribution is 0.309. The summed E-state index contributed by atoms with van der Waals surface area (Å²) in [7, 11) is 2.14. The van der Waals surface area contributed by atoms with Crippen molar-refractivity contribution in [2.45, 2.75) is 26.4 Å². The highest BCUT2D eigenvalue weighted by atomic mass is 32.2. The second-order valence-corrected chi connectivity index (χ2v) is 5.26. The van der Waals surface area contributed by atoms with E-state index in [0.29, 0.717) is 0 Å². The second kappa shape index (κ2) is 8.61. The van der Waals surface area contributed by atoms with Gasteiger partial charge in [-0.2, -0.15) is 11.8 Å². The van der Waals surface area contributed by atoms with Gasteiger partial charge in [0, 0.05) is 24.4 Å². The normalized spacial score (nSPS) is 11.3. The lowest BCUT2D eigenvalue weighted by Crippen LogP contribution is -2.22. The first-order valence-electron chi connectivity index (χ1n) is 6.21. The quantitative estimate of drug-likeness (QED) is 0.687. The van der Waals surface area contributed by atoms with Gasteiger partial charge in [-0.1, -0.05) is 6.92 Å². The Labute approximate surface area is 109 Å². The minimum absolute atomic E-state index is 0.900. The predicted molar refractivity (Wildman–Crippen MR) is 75.4 cm³/mol. The van der Waals surface area contributed by atoms with Crippen LogP contribution in [-0.2, 0) is 13.1 Å². The summed E-state index contributed by atoms with van der Waals surface area (Å²) >= 11 is 1.88. The molecule has 0 radical (unpaired) electrons. The van der Waals surface area contributed by atoms with Gasteiger partial charge in [0.2, 0.25) is 0 Å². The Balaban J connectivity index is 2.39. The van der Waals surface area contributed by atoms with E-state index in [1.54, 1.807) is 6.26 Å². The second-order valence-electron chi connectivity index (χ2n) is 4.28. The minimum atomic E-state index is 0.900. The van der Waals surface area contributed by atoms with Gasteiger partial charge in [-0.3, -0.25) is 4.90 Å². The van der Waals surface area contributed by atoms with Gasteiger partial charge in [0.1, 0.15) is 5.76 Å². The van der Waals surface area contributed by atoms with Crippen LogP contribution in [0, 0.1) is 0 Å². The molecule has 0 amide bonds. The lowest BCUT2D eigenvalue weighted by Gasteiger charge is -2.15. The molecule has 0 saturated carbocycles. The third-order valence-electron chi connectivity index (χ3n) is 2.67. The van der Waals surface area contributed by atoms with Gasteiger partial charge in [-0.15, -0.1) is 0 Å². The average Bonchev–Trinajstić information content (AvgIpc) is 2.74. The molecule has 0 bridgehead atoms. The van der Waals surface area contributed by atoms with Crippen molar-refractivity contribution in [2.24, 2.45) is 0 Å². The summed E-state index contributed by atoms with van der Waals surface area (Å²) in [4.78, 5) is 2.30. The number of nitrogens with zero attached hydrogens (tertiary/aromatic N) is 1. The van der Waals surface area contributed by atoms with Crippen molar-refractivity contribution in [3.8, 4) is 0 Å². The van der Waals surface area contributed by atoms with Gasteiger partial charge in [-0.25, -0.2) is 0 Å². The molecular formula is C13H24N2OS. The van der Waals surface area contributed by atoms with E-state index in [4.69, 9.17) is 4.42 Å². The number of rotatable bonds is 9. The van der Waals surface area contributed by atoms with E-state index in [2.05, 4.69) is 36.5 Å². The van der Waals surface area contributed by atoms with Crippen LogP contribution in [0.25, 0.3) is 0 Å². The smallest absolute Gasteiger partial charge is 0.122 e. The maximum Gasteiger partial charge on any atom is 0.122 e. The summed E-state index contributed by atoms with van der Waals surface area (Å²) in [6.45, 7) is 6.16. The van der Waals surface area contributed by atoms with Gasteiger partial charge in [-0.05, 0) is 32.3 Å². The van der Waals surface area contributed by atoms with Crippen LogP contribution in [0.2, 0.25) is 0 Å². The molecule has 4 heteroatoms. The highest BCUT2D eigenvalue weighted by Gasteiger charge is 2.08. The van der Waals surface area contributed by atoms with E-state index in [1.165, 1.54) is 17.7 Å². The molecule has 0 atom stereocenters. The topological polar surface area (TPSA) is 28.4 Å². The first kappa shape index (κ1) is 14.6. The predicted octanol–water partition coefficient (Wildman–Crippen LogP) is 2.57. The van der Waals surface area contributed by atoms with Crippen LogP contribution in [0.5, 0.6) is 0 Å². The molecule has 1 aromatic heterocycles.